The average molecular weight is 370 g/mol. The quantitative estimate of drug-likeness (QED) is 0.547. The Kier molecular flexibility index (Phi) is 5.56. The predicted molar refractivity (Wildman–Crippen MR) is 99.0 cm³/mol. The molecule has 0 aliphatic rings. The number of esters is 1. The third-order valence-corrected chi connectivity index (χ3v) is 4.12. The molecule has 8 nitrogen and oxygen atoms in total. The molecule has 2 aromatic heterocycles. The van der Waals surface area contributed by atoms with Crippen LogP contribution in [0.4, 0.5) is 0 Å². The summed E-state index contributed by atoms with van der Waals surface area (Å²) in [6.45, 7) is 3.64. The number of nitrogens with zero attached hydrogens (tertiary/aromatic N) is 1. The van der Waals surface area contributed by atoms with Gasteiger partial charge in [0.15, 0.2) is 5.69 Å². The predicted octanol–water partition coefficient (Wildman–Crippen LogP) is 2.08. The molecule has 27 heavy (non-hydrogen) atoms. The van der Waals surface area contributed by atoms with Gasteiger partial charge in [-0.25, -0.2) is 9.78 Å². The lowest BCUT2D eigenvalue weighted by Gasteiger charge is -2.16. The van der Waals surface area contributed by atoms with Crippen LogP contribution in [-0.2, 0) is 16.0 Å². The van der Waals surface area contributed by atoms with E-state index in [1.54, 1.807) is 13.8 Å². The largest absolute Gasteiger partial charge is 0.464 e. The maximum Gasteiger partial charge on any atom is 0.328 e. The van der Waals surface area contributed by atoms with E-state index in [1.165, 1.54) is 6.26 Å². The van der Waals surface area contributed by atoms with Crippen LogP contribution in [0.3, 0.4) is 0 Å². The van der Waals surface area contributed by atoms with E-state index in [2.05, 4.69) is 15.3 Å². The van der Waals surface area contributed by atoms with Gasteiger partial charge in [0.05, 0.1) is 12.6 Å². The number of nitrogens with one attached hydrogen (secondary N) is 2. The minimum atomic E-state index is -0.855. The molecule has 8 heteroatoms. The Labute approximate surface area is 156 Å². The number of aromatic amines is 1. The molecular weight excluding hydrogens is 348 g/mol. The maximum absolute atomic E-state index is 12.5. The number of hydrogen-bond donors (Lipinski definition) is 3. The van der Waals surface area contributed by atoms with Gasteiger partial charge in [0.2, 0.25) is 5.89 Å². The third kappa shape index (κ3) is 4.17. The summed E-state index contributed by atoms with van der Waals surface area (Å²) < 4.78 is 10.3. The number of rotatable bonds is 7. The second-order valence-electron chi connectivity index (χ2n) is 6.20. The summed E-state index contributed by atoms with van der Waals surface area (Å²) in [5.74, 6) is -0.778. The zero-order valence-corrected chi connectivity index (χ0v) is 15.2. The summed E-state index contributed by atoms with van der Waals surface area (Å²) in [5.41, 5.74) is 7.62. The van der Waals surface area contributed by atoms with Crippen LogP contribution in [0.15, 0.2) is 41.1 Å². The number of H-pyrrole nitrogens is 1. The molecule has 2 heterocycles. The lowest BCUT2D eigenvalue weighted by Crippen LogP contribution is -2.43. The number of amides is 1. The van der Waals surface area contributed by atoms with Gasteiger partial charge in [-0.1, -0.05) is 18.2 Å². The molecule has 0 spiro atoms. The molecule has 2 atom stereocenters. The fourth-order valence-electron chi connectivity index (χ4n) is 2.79. The summed E-state index contributed by atoms with van der Waals surface area (Å²) in [6.07, 6.45) is 3.34. The van der Waals surface area contributed by atoms with E-state index in [4.69, 9.17) is 14.9 Å². The third-order valence-electron chi connectivity index (χ3n) is 4.12. The summed E-state index contributed by atoms with van der Waals surface area (Å²) in [4.78, 5) is 32.1. The van der Waals surface area contributed by atoms with Crippen molar-refractivity contribution in [2.24, 2.45) is 5.73 Å². The van der Waals surface area contributed by atoms with Gasteiger partial charge in [-0.3, -0.25) is 4.79 Å². The second kappa shape index (κ2) is 8.05. The molecule has 0 aliphatic heterocycles. The van der Waals surface area contributed by atoms with Crippen molar-refractivity contribution < 1.29 is 18.7 Å². The summed E-state index contributed by atoms with van der Waals surface area (Å²) in [6, 6.07) is 6.46. The Bertz CT molecular complexity index is 944. The van der Waals surface area contributed by atoms with Crippen LogP contribution < -0.4 is 11.1 Å². The van der Waals surface area contributed by atoms with Gasteiger partial charge >= 0.3 is 5.97 Å². The molecule has 1 amide bonds. The number of para-hydroxylation sites is 1. The van der Waals surface area contributed by atoms with Crippen molar-refractivity contribution in [3.8, 4) is 0 Å². The minimum absolute atomic E-state index is 0.0653. The van der Waals surface area contributed by atoms with Crippen molar-refractivity contribution in [2.45, 2.75) is 32.4 Å². The highest BCUT2D eigenvalue weighted by Gasteiger charge is 2.26. The molecule has 3 rings (SSSR count). The topological polar surface area (TPSA) is 123 Å². The van der Waals surface area contributed by atoms with Crippen LogP contribution in [0, 0.1) is 0 Å². The van der Waals surface area contributed by atoms with E-state index >= 15 is 0 Å². The highest BCUT2D eigenvalue weighted by molar-refractivity contribution is 5.95. The number of hydrogen-bond acceptors (Lipinski definition) is 6. The number of aromatic nitrogens is 2. The van der Waals surface area contributed by atoms with Gasteiger partial charge in [-0.05, 0) is 25.5 Å². The average Bonchev–Trinajstić information content (AvgIpc) is 3.29. The lowest BCUT2D eigenvalue weighted by molar-refractivity contribution is -0.145. The Hall–Kier alpha value is -3.13. The zero-order chi connectivity index (χ0) is 19.4. The van der Waals surface area contributed by atoms with Gasteiger partial charge in [0.25, 0.3) is 5.91 Å². The number of carbonyl (C=O) groups excluding carboxylic acids is 2. The molecule has 2 unspecified atom stereocenters. The first-order valence-corrected chi connectivity index (χ1v) is 8.73. The number of benzene rings is 1. The van der Waals surface area contributed by atoms with E-state index in [-0.39, 0.29) is 24.6 Å². The van der Waals surface area contributed by atoms with Gasteiger partial charge in [-0.15, -0.1) is 0 Å². The number of nitrogens with two attached hydrogens (primary N) is 1. The number of carbonyl (C=O) groups is 2. The normalized spacial score (nSPS) is 13.3. The highest BCUT2D eigenvalue weighted by atomic mass is 16.5. The highest BCUT2D eigenvalue weighted by Crippen LogP contribution is 2.19. The molecule has 0 bridgehead atoms. The van der Waals surface area contributed by atoms with Crippen LogP contribution in [-0.4, -0.2) is 34.5 Å². The first-order chi connectivity index (χ1) is 13.0. The van der Waals surface area contributed by atoms with Crippen LogP contribution >= 0.6 is 0 Å². The van der Waals surface area contributed by atoms with Crippen molar-refractivity contribution in [1.82, 2.24) is 15.3 Å². The van der Waals surface area contributed by atoms with Crippen molar-refractivity contribution >= 4 is 22.8 Å². The Morgan fingerprint density at radius 1 is 1.37 bits per heavy atom. The van der Waals surface area contributed by atoms with Crippen molar-refractivity contribution in [1.29, 1.82) is 0 Å². The van der Waals surface area contributed by atoms with E-state index in [0.717, 1.165) is 16.5 Å². The number of ether oxygens (including phenoxy) is 1. The molecule has 1 aromatic carbocycles. The smallest absolute Gasteiger partial charge is 0.328 e. The Morgan fingerprint density at radius 2 is 2.15 bits per heavy atom. The molecule has 3 aromatic rings. The fourth-order valence-corrected chi connectivity index (χ4v) is 2.79. The van der Waals surface area contributed by atoms with Gasteiger partial charge in [0, 0.05) is 23.5 Å². The molecule has 0 saturated carbocycles. The van der Waals surface area contributed by atoms with E-state index in [0.29, 0.717) is 0 Å². The number of oxazole rings is 1. The van der Waals surface area contributed by atoms with Gasteiger partial charge in [0.1, 0.15) is 12.3 Å². The van der Waals surface area contributed by atoms with Crippen LogP contribution in [0.2, 0.25) is 0 Å². The second-order valence-corrected chi connectivity index (χ2v) is 6.20. The fraction of sp³-hybridized carbons (Fsp3) is 0.316. The van der Waals surface area contributed by atoms with E-state index in [1.807, 2.05) is 30.5 Å². The zero-order valence-electron chi connectivity index (χ0n) is 15.2. The molecule has 142 valence electrons. The first kappa shape index (κ1) is 18.7. The minimum Gasteiger partial charge on any atom is -0.464 e. The van der Waals surface area contributed by atoms with Crippen LogP contribution in [0.1, 0.15) is 41.8 Å². The van der Waals surface area contributed by atoms with Crippen molar-refractivity contribution in [3.63, 3.8) is 0 Å². The van der Waals surface area contributed by atoms with Crippen molar-refractivity contribution in [2.75, 3.05) is 6.61 Å². The Morgan fingerprint density at radius 3 is 2.85 bits per heavy atom. The summed E-state index contributed by atoms with van der Waals surface area (Å²) in [5, 5.41) is 3.67. The molecule has 4 N–H and O–H groups in total. The van der Waals surface area contributed by atoms with E-state index < -0.39 is 24.0 Å². The van der Waals surface area contributed by atoms with Crippen LogP contribution in [0.5, 0.6) is 0 Å². The molecular formula is C19H22N4O4. The monoisotopic (exact) mass is 370 g/mol. The number of fused-ring (bicyclic) bond motifs is 1. The lowest BCUT2D eigenvalue weighted by atomic mass is 10.0. The molecule has 0 saturated heterocycles. The van der Waals surface area contributed by atoms with Gasteiger partial charge in [-0.2, -0.15) is 0 Å². The molecule has 0 fully saturated rings. The first-order valence-electron chi connectivity index (χ1n) is 8.73. The van der Waals surface area contributed by atoms with E-state index in [9.17, 15) is 9.59 Å². The van der Waals surface area contributed by atoms with Gasteiger partial charge < -0.3 is 25.2 Å². The molecule has 0 aliphatic carbocycles. The summed E-state index contributed by atoms with van der Waals surface area (Å²) in [7, 11) is 0. The standard InChI is InChI=1S/C19H22N4O4/c1-3-26-19(25)15(8-12-9-21-14-7-5-4-6-13(12)14)22-17(24)16-10-27-18(23-16)11(2)20/h4-7,9-11,15,21H,3,8,20H2,1-2H3,(H,22,24). The Balaban J connectivity index is 1.80. The maximum atomic E-state index is 12.5. The summed E-state index contributed by atoms with van der Waals surface area (Å²) >= 11 is 0. The molecule has 0 radical (unpaired) electrons. The van der Waals surface area contributed by atoms with Crippen molar-refractivity contribution in [3.05, 3.63) is 53.9 Å². The SMILES string of the molecule is CCOC(=O)C(Cc1c[nH]c2ccccc12)NC(=O)c1coc(C(C)N)n1. The van der Waals surface area contributed by atoms with Crippen LogP contribution in [0.25, 0.3) is 10.9 Å².